The SMILES string of the molecule is O=C(c1cc(Cl)c(COc2ccc(OC(F)(F)F)c(Cl)c2)cc1F)N1CCCC1.O=CO. The quantitative estimate of drug-likeness (QED) is 0.433. The highest BCUT2D eigenvalue weighted by Crippen LogP contribution is 2.33. The van der Waals surface area contributed by atoms with Gasteiger partial charge < -0.3 is 19.5 Å². The summed E-state index contributed by atoms with van der Waals surface area (Å²) in [6.45, 7) is 0.731. The minimum Gasteiger partial charge on any atom is -0.489 e. The largest absolute Gasteiger partial charge is 0.573 e. The zero-order chi connectivity index (χ0) is 23.9. The van der Waals surface area contributed by atoms with Crippen molar-refractivity contribution in [2.75, 3.05) is 13.1 Å². The van der Waals surface area contributed by atoms with E-state index in [1.54, 1.807) is 4.90 Å². The van der Waals surface area contributed by atoms with E-state index >= 15 is 0 Å². The molecule has 1 fully saturated rings. The van der Waals surface area contributed by atoms with Crippen molar-refractivity contribution in [2.24, 2.45) is 0 Å². The molecule has 174 valence electrons. The lowest BCUT2D eigenvalue weighted by molar-refractivity contribution is -0.274. The number of carbonyl (C=O) groups excluding carboxylic acids is 1. The van der Waals surface area contributed by atoms with Crippen LogP contribution in [0.1, 0.15) is 28.8 Å². The number of ether oxygens (including phenoxy) is 2. The molecular weight excluding hydrogens is 481 g/mol. The third-order valence-corrected chi connectivity index (χ3v) is 4.93. The highest BCUT2D eigenvalue weighted by Gasteiger charge is 2.32. The Bertz CT molecular complexity index is 966. The summed E-state index contributed by atoms with van der Waals surface area (Å²) in [6.07, 6.45) is -3.12. The predicted molar refractivity (Wildman–Crippen MR) is 108 cm³/mol. The maximum atomic E-state index is 14.4. The average Bonchev–Trinajstić information content (AvgIpc) is 3.24. The molecule has 2 aromatic rings. The number of benzene rings is 2. The molecule has 1 aliphatic heterocycles. The fraction of sp³-hybridized carbons (Fsp3) is 0.300. The smallest absolute Gasteiger partial charge is 0.489 e. The minimum atomic E-state index is -4.87. The number of nitrogens with zero attached hydrogens (tertiary/aromatic N) is 1. The maximum Gasteiger partial charge on any atom is 0.573 e. The number of carboxylic acid groups (broad SMARTS) is 1. The standard InChI is InChI=1S/C19H15Cl2F4NO3.CH2O2/c20-14-9-13(18(27)26-5-1-2-6-26)16(22)7-11(14)10-28-12-3-4-17(15(21)8-12)29-19(23,24)25;2-1-3/h3-4,7-9H,1-2,5-6,10H2;1H,(H,2,3). The van der Waals surface area contributed by atoms with Crippen molar-refractivity contribution in [2.45, 2.75) is 25.8 Å². The van der Waals surface area contributed by atoms with Crippen molar-refractivity contribution in [1.29, 1.82) is 0 Å². The van der Waals surface area contributed by atoms with Crippen LogP contribution in [0.4, 0.5) is 17.6 Å². The van der Waals surface area contributed by atoms with Crippen LogP contribution >= 0.6 is 23.2 Å². The molecule has 0 spiro atoms. The molecule has 0 radical (unpaired) electrons. The summed E-state index contributed by atoms with van der Waals surface area (Å²) >= 11 is 11.9. The van der Waals surface area contributed by atoms with Crippen molar-refractivity contribution in [3.8, 4) is 11.5 Å². The molecular formula is C20H17Cl2F4NO5. The first-order valence-electron chi connectivity index (χ1n) is 9.09. The van der Waals surface area contributed by atoms with Crippen molar-refractivity contribution in [3.05, 3.63) is 57.3 Å². The van der Waals surface area contributed by atoms with E-state index in [1.165, 1.54) is 12.1 Å². The molecule has 0 atom stereocenters. The van der Waals surface area contributed by atoms with Gasteiger partial charge in [-0.05, 0) is 37.1 Å². The number of amides is 1. The normalized spacial score (nSPS) is 13.2. The topological polar surface area (TPSA) is 76.1 Å². The predicted octanol–water partition coefficient (Wildman–Crippen LogP) is 5.55. The molecule has 0 unspecified atom stereocenters. The second-order valence-corrected chi connectivity index (χ2v) is 7.27. The van der Waals surface area contributed by atoms with Gasteiger partial charge in [-0.2, -0.15) is 0 Å². The Labute approximate surface area is 190 Å². The van der Waals surface area contributed by atoms with E-state index in [1.807, 2.05) is 0 Å². The van der Waals surface area contributed by atoms with E-state index in [-0.39, 0.29) is 40.0 Å². The molecule has 0 saturated carbocycles. The van der Waals surface area contributed by atoms with Gasteiger partial charge in [-0.15, -0.1) is 13.2 Å². The summed E-state index contributed by atoms with van der Waals surface area (Å²) in [6, 6.07) is 5.73. The molecule has 1 saturated heterocycles. The van der Waals surface area contributed by atoms with Crippen LogP contribution in [0.2, 0.25) is 10.0 Å². The van der Waals surface area contributed by atoms with Gasteiger partial charge in [0.2, 0.25) is 0 Å². The average molecular weight is 498 g/mol. The van der Waals surface area contributed by atoms with Gasteiger partial charge in [-0.25, -0.2) is 4.39 Å². The van der Waals surface area contributed by atoms with Crippen LogP contribution in [0.5, 0.6) is 11.5 Å². The zero-order valence-corrected chi connectivity index (χ0v) is 17.8. The number of likely N-dealkylation sites (tertiary alicyclic amines) is 1. The van der Waals surface area contributed by atoms with Gasteiger partial charge >= 0.3 is 6.36 Å². The molecule has 2 aromatic carbocycles. The third kappa shape index (κ3) is 7.16. The van der Waals surface area contributed by atoms with Gasteiger partial charge in [0.15, 0.2) is 0 Å². The molecule has 12 heteroatoms. The molecule has 0 aromatic heterocycles. The van der Waals surface area contributed by atoms with Crippen molar-refractivity contribution < 1.29 is 41.7 Å². The Morgan fingerprint density at radius 2 is 1.75 bits per heavy atom. The summed E-state index contributed by atoms with van der Waals surface area (Å²) in [5.74, 6) is -1.57. The summed E-state index contributed by atoms with van der Waals surface area (Å²) in [4.78, 5) is 22.3. The van der Waals surface area contributed by atoms with Crippen LogP contribution in [-0.4, -0.2) is 41.8 Å². The number of rotatable bonds is 5. The van der Waals surface area contributed by atoms with Crippen LogP contribution < -0.4 is 9.47 Å². The molecule has 32 heavy (non-hydrogen) atoms. The Kier molecular flexibility index (Phi) is 8.97. The molecule has 1 N–H and O–H groups in total. The Hall–Kier alpha value is -2.72. The lowest BCUT2D eigenvalue weighted by Crippen LogP contribution is -2.28. The van der Waals surface area contributed by atoms with Crippen LogP contribution in [-0.2, 0) is 11.4 Å². The van der Waals surface area contributed by atoms with E-state index in [4.69, 9.17) is 37.8 Å². The molecule has 3 rings (SSSR count). The van der Waals surface area contributed by atoms with Crippen LogP contribution in [0, 0.1) is 5.82 Å². The number of carbonyl (C=O) groups is 2. The van der Waals surface area contributed by atoms with Gasteiger partial charge in [0.05, 0.1) is 10.6 Å². The second-order valence-electron chi connectivity index (χ2n) is 6.46. The highest BCUT2D eigenvalue weighted by molar-refractivity contribution is 6.32. The van der Waals surface area contributed by atoms with Crippen LogP contribution in [0.15, 0.2) is 30.3 Å². The first-order valence-corrected chi connectivity index (χ1v) is 9.84. The van der Waals surface area contributed by atoms with Gasteiger partial charge in [0, 0.05) is 29.7 Å². The molecule has 6 nitrogen and oxygen atoms in total. The second kappa shape index (κ2) is 11.2. The fourth-order valence-corrected chi connectivity index (χ4v) is 3.32. The van der Waals surface area contributed by atoms with Crippen LogP contribution in [0.25, 0.3) is 0 Å². The van der Waals surface area contributed by atoms with Crippen molar-refractivity contribution >= 4 is 35.6 Å². The number of alkyl halides is 3. The Morgan fingerprint density at radius 3 is 2.31 bits per heavy atom. The van der Waals surface area contributed by atoms with Crippen LogP contribution in [0.3, 0.4) is 0 Å². The lowest BCUT2D eigenvalue weighted by Gasteiger charge is -2.17. The third-order valence-electron chi connectivity index (χ3n) is 4.28. The van der Waals surface area contributed by atoms with E-state index in [0.29, 0.717) is 13.1 Å². The molecule has 0 bridgehead atoms. The molecule has 1 aliphatic rings. The monoisotopic (exact) mass is 497 g/mol. The van der Waals surface area contributed by atoms with Gasteiger partial charge in [-0.1, -0.05) is 23.2 Å². The molecule has 0 aliphatic carbocycles. The first kappa shape index (κ1) is 25.5. The number of halogens is 6. The summed E-state index contributed by atoms with van der Waals surface area (Å²) in [7, 11) is 0. The maximum absolute atomic E-state index is 14.4. The molecule has 1 amide bonds. The Morgan fingerprint density at radius 1 is 1.12 bits per heavy atom. The fourth-order valence-electron chi connectivity index (χ4n) is 2.89. The molecule has 1 heterocycles. The van der Waals surface area contributed by atoms with Gasteiger partial charge in [0.25, 0.3) is 12.4 Å². The van der Waals surface area contributed by atoms with Gasteiger partial charge in [-0.3, -0.25) is 9.59 Å². The minimum absolute atomic E-state index is 0.114. The first-order chi connectivity index (χ1) is 15.1. The van der Waals surface area contributed by atoms with Crippen molar-refractivity contribution in [1.82, 2.24) is 4.90 Å². The van der Waals surface area contributed by atoms with E-state index in [9.17, 15) is 22.4 Å². The summed E-state index contributed by atoms with van der Waals surface area (Å²) in [5, 5.41) is 6.72. The zero-order valence-electron chi connectivity index (χ0n) is 16.3. The Balaban J connectivity index is 0.00000114. The number of hydrogen-bond acceptors (Lipinski definition) is 4. The lowest BCUT2D eigenvalue weighted by atomic mass is 10.1. The summed E-state index contributed by atoms with van der Waals surface area (Å²) in [5.41, 5.74) is 0.159. The van der Waals surface area contributed by atoms with E-state index < -0.39 is 23.8 Å². The highest BCUT2D eigenvalue weighted by atomic mass is 35.5. The van der Waals surface area contributed by atoms with Gasteiger partial charge in [0.1, 0.15) is 23.9 Å². The van der Waals surface area contributed by atoms with E-state index in [2.05, 4.69) is 4.74 Å². The summed E-state index contributed by atoms with van der Waals surface area (Å²) < 4.78 is 60.4. The number of hydrogen-bond donors (Lipinski definition) is 1. The van der Waals surface area contributed by atoms with E-state index in [0.717, 1.165) is 31.0 Å². The van der Waals surface area contributed by atoms with Crippen molar-refractivity contribution in [3.63, 3.8) is 0 Å².